The summed E-state index contributed by atoms with van der Waals surface area (Å²) in [5.74, 6) is 2.93. The molecule has 222 valence electrons. The van der Waals surface area contributed by atoms with Crippen molar-refractivity contribution in [2.24, 2.45) is 11.8 Å². The van der Waals surface area contributed by atoms with Crippen molar-refractivity contribution in [3.8, 4) is 11.6 Å². The summed E-state index contributed by atoms with van der Waals surface area (Å²) in [6.07, 6.45) is 4.31. The molecule has 2 saturated heterocycles. The van der Waals surface area contributed by atoms with Crippen molar-refractivity contribution in [3.63, 3.8) is 0 Å². The number of pyridine rings is 1. The Labute approximate surface area is 247 Å². The molecule has 2 aromatic heterocycles. The maximum Gasteiger partial charge on any atom is 0.335 e. The third-order valence-electron chi connectivity index (χ3n) is 7.83. The first-order valence-corrected chi connectivity index (χ1v) is 14.8. The Bertz CT molecular complexity index is 1410. The van der Waals surface area contributed by atoms with Gasteiger partial charge in [0.1, 0.15) is 23.7 Å². The number of benzene rings is 2. The highest BCUT2D eigenvalue weighted by molar-refractivity contribution is 5.95. The molecule has 1 aliphatic carbocycles. The predicted octanol–water partition coefficient (Wildman–Crippen LogP) is 5.67. The third-order valence-corrected chi connectivity index (χ3v) is 7.83. The van der Waals surface area contributed by atoms with Crippen molar-refractivity contribution in [3.05, 3.63) is 83.8 Å². The molecule has 3 unspecified atom stereocenters. The fourth-order valence-electron chi connectivity index (χ4n) is 5.46. The molecule has 0 spiro atoms. The van der Waals surface area contributed by atoms with E-state index >= 15 is 0 Å². The fourth-order valence-corrected chi connectivity index (χ4v) is 5.46. The number of carboxylic acid groups (broad SMARTS) is 1. The van der Waals surface area contributed by atoms with Crippen LogP contribution in [0, 0.1) is 11.8 Å². The van der Waals surface area contributed by atoms with Crippen LogP contribution in [0.15, 0.2) is 66.9 Å². The molecule has 0 bridgehead atoms. The number of aromatic nitrogens is 3. The second kappa shape index (κ2) is 13.8. The summed E-state index contributed by atoms with van der Waals surface area (Å²) in [6.45, 7) is 9.15. The van der Waals surface area contributed by atoms with Crippen molar-refractivity contribution < 1.29 is 24.1 Å². The van der Waals surface area contributed by atoms with Crippen LogP contribution in [0.5, 0.6) is 11.6 Å². The van der Waals surface area contributed by atoms with Gasteiger partial charge in [-0.25, -0.2) is 14.8 Å². The molecule has 2 aliphatic heterocycles. The molecule has 4 heterocycles. The van der Waals surface area contributed by atoms with Gasteiger partial charge in [0, 0.05) is 32.0 Å². The summed E-state index contributed by atoms with van der Waals surface area (Å²) in [6, 6.07) is 18.9. The van der Waals surface area contributed by atoms with Crippen molar-refractivity contribution in [2.75, 3.05) is 26.8 Å². The van der Waals surface area contributed by atoms with Crippen LogP contribution in [0.3, 0.4) is 0 Å². The molecule has 2 aromatic carbocycles. The van der Waals surface area contributed by atoms with Crippen LogP contribution < -0.4 is 9.47 Å². The van der Waals surface area contributed by atoms with Crippen molar-refractivity contribution in [1.29, 1.82) is 0 Å². The van der Waals surface area contributed by atoms with Crippen molar-refractivity contribution in [1.82, 2.24) is 19.4 Å². The van der Waals surface area contributed by atoms with Crippen LogP contribution in [0.2, 0.25) is 0 Å². The Morgan fingerprint density at radius 3 is 2.43 bits per heavy atom. The molecule has 9 nitrogen and oxygen atoms in total. The molecular formula is C33H40N4O5. The lowest BCUT2D eigenvalue weighted by Gasteiger charge is -2.28. The van der Waals surface area contributed by atoms with Gasteiger partial charge >= 0.3 is 5.97 Å². The van der Waals surface area contributed by atoms with Crippen LogP contribution >= 0.6 is 0 Å². The summed E-state index contributed by atoms with van der Waals surface area (Å²) in [7, 11) is 1.56. The first-order chi connectivity index (χ1) is 20.6. The molecule has 1 N–H and O–H groups in total. The number of hydrogen-bond donors (Lipinski definition) is 1. The largest absolute Gasteiger partial charge is 0.494 e. The predicted molar refractivity (Wildman–Crippen MR) is 161 cm³/mol. The highest BCUT2D eigenvalue weighted by Crippen LogP contribution is 2.45. The molecule has 4 aromatic rings. The zero-order valence-electron chi connectivity index (χ0n) is 24.6. The Kier molecular flexibility index (Phi) is 9.71. The smallest absolute Gasteiger partial charge is 0.335 e. The maximum absolute atomic E-state index is 11.5. The lowest BCUT2D eigenvalue weighted by molar-refractivity contribution is -0.0591. The number of carbonyl (C=O) groups is 1. The highest BCUT2D eigenvalue weighted by atomic mass is 16.5. The van der Waals surface area contributed by atoms with E-state index in [1.807, 2.05) is 62.4 Å². The molecule has 7 rings (SSSR count). The van der Waals surface area contributed by atoms with Gasteiger partial charge in [-0.05, 0) is 48.4 Å². The lowest BCUT2D eigenvalue weighted by Crippen LogP contribution is -2.32. The molecule has 9 heteroatoms. The number of aromatic carboxylic acids is 1. The number of fused-ring (bicyclic) bond motifs is 2. The Balaban J connectivity index is 0.000000187. The zero-order chi connectivity index (χ0) is 29.5. The minimum atomic E-state index is -0.959. The van der Waals surface area contributed by atoms with Gasteiger partial charge in [-0.3, -0.25) is 4.90 Å². The van der Waals surface area contributed by atoms with Gasteiger partial charge in [0.25, 0.3) is 0 Å². The van der Waals surface area contributed by atoms with E-state index in [-0.39, 0.29) is 11.7 Å². The number of nitrogens with zero attached hydrogens (tertiary/aromatic N) is 4. The van der Waals surface area contributed by atoms with Crippen molar-refractivity contribution >= 4 is 17.0 Å². The SMILES string of the molecule is CC.COc1cc(C(=O)O)cc2c1nc(CN1CC3CC3C1)n2CC1CCO1.c1ccc(COc2ccccn2)cc1. The number of carboxylic acids is 1. The van der Waals surface area contributed by atoms with Crippen molar-refractivity contribution in [2.45, 2.75) is 52.5 Å². The number of imidazole rings is 1. The van der Waals surface area contributed by atoms with Crippen LogP contribution in [-0.2, 0) is 24.4 Å². The summed E-state index contributed by atoms with van der Waals surface area (Å²) in [5.41, 5.74) is 2.92. The van der Waals surface area contributed by atoms with Crippen LogP contribution in [0.1, 0.15) is 48.4 Å². The first kappa shape index (κ1) is 29.5. The third kappa shape index (κ3) is 7.09. The molecule has 3 fully saturated rings. The van der Waals surface area contributed by atoms with E-state index in [0.717, 1.165) is 66.9 Å². The molecule has 1 saturated carbocycles. The monoisotopic (exact) mass is 572 g/mol. The molecule has 3 aliphatic rings. The van der Waals surface area contributed by atoms with Gasteiger partial charge in [-0.2, -0.15) is 0 Å². The van der Waals surface area contributed by atoms with E-state index in [0.29, 0.717) is 24.8 Å². The van der Waals surface area contributed by atoms with E-state index in [4.69, 9.17) is 19.2 Å². The Hall–Kier alpha value is -3.95. The van der Waals surface area contributed by atoms with Crippen LogP contribution in [0.4, 0.5) is 0 Å². The fraction of sp³-hybridized carbons (Fsp3) is 0.424. The summed E-state index contributed by atoms with van der Waals surface area (Å²) >= 11 is 0. The van der Waals surface area contributed by atoms with Gasteiger partial charge in [-0.15, -0.1) is 0 Å². The van der Waals surface area contributed by atoms with E-state index in [2.05, 4.69) is 14.5 Å². The first-order valence-electron chi connectivity index (χ1n) is 14.8. The average molecular weight is 573 g/mol. The van der Waals surface area contributed by atoms with Gasteiger partial charge in [0.15, 0.2) is 0 Å². The van der Waals surface area contributed by atoms with Crippen LogP contribution in [0.25, 0.3) is 11.0 Å². The number of methoxy groups -OCH3 is 1. The zero-order valence-corrected chi connectivity index (χ0v) is 24.6. The minimum Gasteiger partial charge on any atom is -0.494 e. The number of rotatable bonds is 9. The van der Waals surface area contributed by atoms with E-state index in [1.165, 1.54) is 6.42 Å². The minimum absolute atomic E-state index is 0.178. The van der Waals surface area contributed by atoms with Crippen LogP contribution in [-0.4, -0.2) is 63.4 Å². The number of hydrogen-bond acceptors (Lipinski definition) is 7. The topological polar surface area (TPSA) is 98.9 Å². The lowest BCUT2D eigenvalue weighted by atomic mass is 10.1. The molecular weight excluding hydrogens is 532 g/mol. The second-order valence-electron chi connectivity index (χ2n) is 10.7. The Morgan fingerprint density at radius 2 is 1.81 bits per heavy atom. The average Bonchev–Trinajstić information content (AvgIpc) is 3.46. The molecule has 3 atom stereocenters. The maximum atomic E-state index is 11.5. The van der Waals surface area contributed by atoms with Gasteiger partial charge < -0.3 is 23.9 Å². The molecule has 0 amide bonds. The highest BCUT2D eigenvalue weighted by Gasteiger charge is 2.45. The standard InChI is InChI=1S/C19H23N3O4.C12H11NO.C2H6/c1-25-16-6-11(19(23)24)5-15-18(16)20-17(22(15)9-14-2-3-26-14)10-21-7-12-4-13(12)8-21;1-2-6-11(7-3-1)10-14-12-8-4-5-9-13-12;1-2/h5-6,12-14H,2-4,7-10H2,1H3,(H,23,24);1-9H,10H2;1-2H3. The summed E-state index contributed by atoms with van der Waals surface area (Å²) in [4.78, 5) is 22.9. The van der Waals surface area contributed by atoms with E-state index in [1.54, 1.807) is 25.4 Å². The number of likely N-dealkylation sites (tertiary alicyclic amines) is 1. The molecule has 42 heavy (non-hydrogen) atoms. The van der Waals surface area contributed by atoms with E-state index in [9.17, 15) is 9.90 Å². The van der Waals surface area contributed by atoms with Gasteiger partial charge in [0.05, 0.1) is 37.4 Å². The quantitative estimate of drug-likeness (QED) is 0.274. The van der Waals surface area contributed by atoms with E-state index < -0.39 is 5.97 Å². The Morgan fingerprint density at radius 1 is 1.07 bits per heavy atom. The normalized spacial score (nSPS) is 20.3. The van der Waals surface area contributed by atoms with Gasteiger partial charge in [0.2, 0.25) is 5.88 Å². The summed E-state index contributed by atoms with van der Waals surface area (Å²) in [5, 5.41) is 9.45. The van der Waals surface area contributed by atoms with Gasteiger partial charge in [-0.1, -0.05) is 50.2 Å². The number of piperidine rings is 1. The second-order valence-corrected chi connectivity index (χ2v) is 10.7. The number of ether oxygens (including phenoxy) is 3. The molecule has 0 radical (unpaired) electrons. The summed E-state index contributed by atoms with van der Waals surface area (Å²) < 4.78 is 18.7.